The number of ether oxygens (including phenoxy) is 2. The lowest BCUT2D eigenvalue weighted by Crippen LogP contribution is -2.46. The summed E-state index contributed by atoms with van der Waals surface area (Å²) in [5.41, 5.74) is 0.357. The van der Waals surface area contributed by atoms with Crippen LogP contribution in [-0.2, 0) is 24.3 Å². The van der Waals surface area contributed by atoms with Gasteiger partial charge in [0, 0.05) is 18.8 Å². The molecule has 9 heteroatoms. The van der Waals surface area contributed by atoms with E-state index in [0.717, 1.165) is 0 Å². The Morgan fingerprint density at radius 1 is 1.07 bits per heavy atom. The summed E-state index contributed by atoms with van der Waals surface area (Å²) in [5, 5.41) is 0. The number of carbonyl (C=O) groups excluding carboxylic acids is 2. The first-order valence-corrected chi connectivity index (χ1v) is 10.6. The number of anilines is 1. The maximum absolute atomic E-state index is 12.4. The van der Waals surface area contributed by atoms with E-state index in [0.29, 0.717) is 26.3 Å². The Morgan fingerprint density at radius 2 is 1.76 bits per heavy atom. The molecule has 29 heavy (non-hydrogen) atoms. The number of nitrogens with one attached hydrogen (secondary N) is 1. The van der Waals surface area contributed by atoms with Crippen molar-refractivity contribution in [1.82, 2.24) is 4.90 Å². The van der Waals surface area contributed by atoms with Crippen LogP contribution in [0.15, 0.2) is 59.5 Å². The number of esters is 1. The lowest BCUT2D eigenvalue weighted by Gasteiger charge is -2.28. The lowest BCUT2D eigenvalue weighted by molar-refractivity contribution is -0.143. The molecule has 154 valence electrons. The van der Waals surface area contributed by atoms with E-state index < -0.39 is 22.1 Å². The Hall–Kier alpha value is -2.91. The normalized spacial score (nSPS) is 15.4. The highest BCUT2D eigenvalue weighted by atomic mass is 32.2. The maximum Gasteiger partial charge on any atom is 0.338 e. The van der Waals surface area contributed by atoms with Crippen molar-refractivity contribution in [3.05, 3.63) is 60.2 Å². The number of benzene rings is 2. The second-order valence-corrected chi connectivity index (χ2v) is 8.17. The zero-order valence-corrected chi connectivity index (χ0v) is 16.7. The summed E-state index contributed by atoms with van der Waals surface area (Å²) in [6, 6.07) is 13.8. The van der Waals surface area contributed by atoms with Gasteiger partial charge in [0.25, 0.3) is 15.9 Å². The van der Waals surface area contributed by atoms with Crippen molar-refractivity contribution in [2.45, 2.75) is 17.9 Å². The van der Waals surface area contributed by atoms with Crippen LogP contribution in [0, 0.1) is 0 Å². The monoisotopic (exact) mass is 418 g/mol. The molecule has 1 heterocycles. The van der Waals surface area contributed by atoms with Crippen molar-refractivity contribution in [3.8, 4) is 0 Å². The Kier molecular flexibility index (Phi) is 6.50. The summed E-state index contributed by atoms with van der Waals surface area (Å²) in [4.78, 5) is 26.5. The molecule has 0 aliphatic carbocycles. The zero-order valence-electron chi connectivity index (χ0n) is 15.9. The molecule has 0 aromatic heterocycles. The first-order chi connectivity index (χ1) is 13.9. The Balaban J connectivity index is 1.67. The number of morpholine rings is 1. The first kappa shape index (κ1) is 20.8. The van der Waals surface area contributed by atoms with Gasteiger partial charge in [0.15, 0.2) is 6.10 Å². The third kappa shape index (κ3) is 5.33. The van der Waals surface area contributed by atoms with Crippen LogP contribution >= 0.6 is 0 Å². The summed E-state index contributed by atoms with van der Waals surface area (Å²) >= 11 is 0. The largest absolute Gasteiger partial charge is 0.449 e. The van der Waals surface area contributed by atoms with E-state index in [2.05, 4.69) is 4.72 Å². The molecule has 0 spiro atoms. The molecule has 1 aliphatic rings. The van der Waals surface area contributed by atoms with Crippen molar-refractivity contribution in [2.24, 2.45) is 0 Å². The number of sulfonamides is 1. The highest BCUT2D eigenvalue weighted by Crippen LogP contribution is 2.18. The molecule has 0 saturated carbocycles. The SMILES string of the molecule is CC(OC(=O)c1cccc(NS(=O)(=O)c2ccccc2)c1)C(=O)N1CCOCC1. The zero-order chi connectivity index (χ0) is 20.9. The highest BCUT2D eigenvalue weighted by Gasteiger charge is 2.26. The van der Waals surface area contributed by atoms with Gasteiger partial charge in [-0.05, 0) is 37.3 Å². The highest BCUT2D eigenvalue weighted by molar-refractivity contribution is 7.92. The minimum absolute atomic E-state index is 0.109. The minimum atomic E-state index is -3.78. The fourth-order valence-corrected chi connectivity index (χ4v) is 3.91. The molecule has 1 N–H and O–H groups in total. The number of hydrogen-bond acceptors (Lipinski definition) is 6. The van der Waals surface area contributed by atoms with Gasteiger partial charge in [-0.25, -0.2) is 13.2 Å². The predicted molar refractivity (Wildman–Crippen MR) is 106 cm³/mol. The fraction of sp³-hybridized carbons (Fsp3) is 0.300. The first-order valence-electron chi connectivity index (χ1n) is 9.12. The molecule has 1 saturated heterocycles. The van der Waals surface area contributed by atoms with Crippen molar-refractivity contribution in [3.63, 3.8) is 0 Å². The van der Waals surface area contributed by atoms with Gasteiger partial charge in [0.1, 0.15) is 0 Å². The van der Waals surface area contributed by atoms with Crippen LogP contribution in [0.5, 0.6) is 0 Å². The van der Waals surface area contributed by atoms with Crippen molar-refractivity contribution < 1.29 is 27.5 Å². The third-order valence-electron chi connectivity index (χ3n) is 4.36. The molecule has 2 aromatic carbocycles. The predicted octanol–water partition coefficient (Wildman–Crippen LogP) is 1.89. The van der Waals surface area contributed by atoms with Crippen LogP contribution in [-0.4, -0.2) is 57.6 Å². The molecule has 1 aliphatic heterocycles. The van der Waals surface area contributed by atoms with Gasteiger partial charge in [-0.3, -0.25) is 9.52 Å². The Morgan fingerprint density at radius 3 is 2.45 bits per heavy atom. The molecule has 1 amide bonds. The second-order valence-electron chi connectivity index (χ2n) is 6.48. The van der Waals surface area contributed by atoms with Gasteiger partial charge >= 0.3 is 5.97 Å². The number of hydrogen-bond donors (Lipinski definition) is 1. The smallest absolute Gasteiger partial charge is 0.338 e. The van der Waals surface area contributed by atoms with Crippen molar-refractivity contribution in [2.75, 3.05) is 31.0 Å². The van der Waals surface area contributed by atoms with Gasteiger partial charge in [-0.1, -0.05) is 24.3 Å². The summed E-state index contributed by atoms with van der Waals surface area (Å²) < 4.78 is 37.8. The summed E-state index contributed by atoms with van der Waals surface area (Å²) in [6.07, 6.45) is -0.953. The van der Waals surface area contributed by atoms with E-state index in [-0.39, 0.29) is 22.1 Å². The molecule has 2 aromatic rings. The lowest BCUT2D eigenvalue weighted by atomic mass is 10.2. The summed E-state index contributed by atoms with van der Waals surface area (Å²) in [5.74, 6) is -0.998. The average molecular weight is 418 g/mol. The molecule has 3 rings (SSSR count). The summed E-state index contributed by atoms with van der Waals surface area (Å²) in [7, 11) is -3.78. The minimum Gasteiger partial charge on any atom is -0.449 e. The van der Waals surface area contributed by atoms with Crippen LogP contribution in [0.25, 0.3) is 0 Å². The fourth-order valence-electron chi connectivity index (χ4n) is 2.84. The molecular weight excluding hydrogens is 396 g/mol. The molecule has 8 nitrogen and oxygen atoms in total. The van der Waals surface area contributed by atoms with Crippen LogP contribution in [0.2, 0.25) is 0 Å². The van der Waals surface area contributed by atoms with E-state index in [4.69, 9.17) is 9.47 Å². The van der Waals surface area contributed by atoms with E-state index in [1.807, 2.05) is 0 Å². The second kappa shape index (κ2) is 9.06. The van der Waals surface area contributed by atoms with E-state index >= 15 is 0 Å². The van der Waals surface area contributed by atoms with Gasteiger partial charge in [0.2, 0.25) is 0 Å². The quantitative estimate of drug-likeness (QED) is 0.719. The summed E-state index contributed by atoms with van der Waals surface area (Å²) in [6.45, 7) is 3.33. The molecular formula is C20H22N2O6S. The molecule has 1 atom stereocenters. The number of carbonyl (C=O) groups is 2. The average Bonchev–Trinajstić information content (AvgIpc) is 2.74. The van der Waals surface area contributed by atoms with Gasteiger partial charge in [0.05, 0.1) is 23.7 Å². The van der Waals surface area contributed by atoms with Crippen molar-refractivity contribution >= 4 is 27.6 Å². The topological polar surface area (TPSA) is 102 Å². The standard InChI is InChI=1S/C20H22N2O6S/c1-15(19(23)22-10-12-27-13-11-22)28-20(24)16-6-5-7-17(14-16)21-29(25,26)18-8-3-2-4-9-18/h2-9,14-15,21H,10-13H2,1H3. The van der Waals surface area contributed by atoms with Gasteiger partial charge in [-0.2, -0.15) is 0 Å². The molecule has 0 radical (unpaired) electrons. The maximum atomic E-state index is 12.4. The Labute approximate surface area is 169 Å². The van der Waals surface area contributed by atoms with Gasteiger partial charge in [-0.15, -0.1) is 0 Å². The van der Waals surface area contributed by atoms with Gasteiger partial charge < -0.3 is 14.4 Å². The van der Waals surface area contributed by atoms with Crippen LogP contribution in [0.4, 0.5) is 5.69 Å². The van der Waals surface area contributed by atoms with E-state index in [9.17, 15) is 18.0 Å². The van der Waals surface area contributed by atoms with E-state index in [1.54, 1.807) is 23.1 Å². The molecule has 0 bridgehead atoms. The van der Waals surface area contributed by atoms with Crippen LogP contribution in [0.1, 0.15) is 17.3 Å². The number of rotatable bonds is 6. The number of amides is 1. The van der Waals surface area contributed by atoms with Crippen LogP contribution in [0.3, 0.4) is 0 Å². The van der Waals surface area contributed by atoms with Crippen LogP contribution < -0.4 is 4.72 Å². The molecule has 1 unspecified atom stereocenters. The molecule has 1 fully saturated rings. The number of nitrogens with zero attached hydrogens (tertiary/aromatic N) is 1. The third-order valence-corrected chi connectivity index (χ3v) is 5.76. The Bertz CT molecular complexity index is 971. The van der Waals surface area contributed by atoms with Crippen molar-refractivity contribution in [1.29, 1.82) is 0 Å². The van der Waals surface area contributed by atoms with E-state index in [1.165, 1.54) is 43.3 Å².